The van der Waals surface area contributed by atoms with Crippen LogP contribution in [0.25, 0.3) is 11.0 Å². The first-order valence-electron chi connectivity index (χ1n) is 11.8. The molecule has 4 rings (SSSR count). The highest BCUT2D eigenvalue weighted by Gasteiger charge is 2.32. The Balaban J connectivity index is 1.57. The van der Waals surface area contributed by atoms with Crippen LogP contribution in [-0.4, -0.2) is 47.2 Å². The lowest BCUT2D eigenvalue weighted by Gasteiger charge is -2.40. The van der Waals surface area contributed by atoms with Crippen molar-refractivity contribution in [1.29, 1.82) is 0 Å². The van der Waals surface area contributed by atoms with Gasteiger partial charge in [-0.3, -0.25) is 4.90 Å². The SMILES string of the molecule is CCCCCOc1cc(N2CC[C@H](C)N(Cc3ccnc4[nH]cc(C)c34)C2=O)ccc1OC. The Bertz CT molecular complexity index is 1110. The molecule has 176 valence electrons. The molecule has 1 saturated heterocycles. The number of carbonyl (C=O) groups excluding carboxylic acids is 1. The van der Waals surface area contributed by atoms with Crippen LogP contribution in [0.2, 0.25) is 0 Å². The van der Waals surface area contributed by atoms with Crippen molar-refractivity contribution in [3.8, 4) is 11.5 Å². The number of ether oxygens (including phenoxy) is 2. The first-order chi connectivity index (χ1) is 16.0. The lowest BCUT2D eigenvalue weighted by atomic mass is 10.1. The van der Waals surface area contributed by atoms with Crippen LogP contribution in [0.4, 0.5) is 10.5 Å². The Morgan fingerprint density at radius 3 is 2.85 bits per heavy atom. The van der Waals surface area contributed by atoms with Crippen molar-refractivity contribution in [2.45, 2.75) is 59.0 Å². The summed E-state index contributed by atoms with van der Waals surface area (Å²) < 4.78 is 11.5. The van der Waals surface area contributed by atoms with E-state index in [1.165, 1.54) is 0 Å². The van der Waals surface area contributed by atoms with E-state index in [1.54, 1.807) is 13.3 Å². The molecule has 7 nitrogen and oxygen atoms in total. The summed E-state index contributed by atoms with van der Waals surface area (Å²) >= 11 is 0. The number of carbonyl (C=O) groups is 1. The van der Waals surface area contributed by atoms with Gasteiger partial charge in [0.1, 0.15) is 5.65 Å². The maximum Gasteiger partial charge on any atom is 0.325 e. The summed E-state index contributed by atoms with van der Waals surface area (Å²) in [5.41, 5.74) is 3.94. The topological polar surface area (TPSA) is 70.7 Å². The number of amides is 2. The summed E-state index contributed by atoms with van der Waals surface area (Å²) in [4.78, 5) is 25.1. The van der Waals surface area contributed by atoms with Crippen LogP contribution in [0.1, 0.15) is 50.7 Å². The van der Waals surface area contributed by atoms with E-state index in [9.17, 15) is 4.79 Å². The average molecular weight is 451 g/mol. The highest BCUT2D eigenvalue weighted by molar-refractivity contribution is 5.94. The molecule has 3 heterocycles. The van der Waals surface area contributed by atoms with E-state index in [1.807, 2.05) is 40.3 Å². The molecule has 0 bridgehead atoms. The molecule has 1 aliphatic rings. The van der Waals surface area contributed by atoms with E-state index < -0.39 is 0 Å². The van der Waals surface area contributed by atoms with Gasteiger partial charge in [-0.05, 0) is 56.0 Å². The van der Waals surface area contributed by atoms with Crippen molar-refractivity contribution in [2.24, 2.45) is 0 Å². The summed E-state index contributed by atoms with van der Waals surface area (Å²) in [6.07, 6.45) is 7.93. The predicted molar refractivity (Wildman–Crippen MR) is 131 cm³/mol. The molecule has 1 aromatic carbocycles. The Labute approximate surface area is 195 Å². The second kappa shape index (κ2) is 10.1. The zero-order valence-corrected chi connectivity index (χ0v) is 20.1. The van der Waals surface area contributed by atoms with Gasteiger partial charge in [-0.1, -0.05) is 19.8 Å². The van der Waals surface area contributed by atoms with Gasteiger partial charge in [0.05, 0.1) is 13.7 Å². The largest absolute Gasteiger partial charge is 0.493 e. The number of benzene rings is 1. The number of methoxy groups -OCH3 is 1. The van der Waals surface area contributed by atoms with Gasteiger partial charge in [0, 0.05) is 48.7 Å². The summed E-state index contributed by atoms with van der Waals surface area (Å²) in [5.74, 6) is 1.37. The number of aryl methyl sites for hydroxylation is 1. The molecule has 0 saturated carbocycles. The molecule has 1 N–H and O–H groups in total. The molecule has 1 atom stereocenters. The highest BCUT2D eigenvalue weighted by Crippen LogP contribution is 2.34. The third-order valence-corrected chi connectivity index (χ3v) is 6.44. The van der Waals surface area contributed by atoms with Crippen molar-refractivity contribution in [1.82, 2.24) is 14.9 Å². The van der Waals surface area contributed by atoms with Crippen molar-refractivity contribution in [2.75, 3.05) is 25.2 Å². The number of urea groups is 1. The van der Waals surface area contributed by atoms with Gasteiger partial charge in [-0.15, -0.1) is 0 Å². The van der Waals surface area contributed by atoms with Crippen LogP contribution in [0.15, 0.2) is 36.7 Å². The minimum Gasteiger partial charge on any atom is -0.493 e. The molecule has 0 unspecified atom stereocenters. The van der Waals surface area contributed by atoms with Crippen LogP contribution >= 0.6 is 0 Å². The van der Waals surface area contributed by atoms with Crippen molar-refractivity contribution in [3.05, 3.63) is 47.8 Å². The number of H-pyrrole nitrogens is 1. The summed E-state index contributed by atoms with van der Waals surface area (Å²) in [5, 5.41) is 1.10. The van der Waals surface area contributed by atoms with Gasteiger partial charge >= 0.3 is 6.03 Å². The van der Waals surface area contributed by atoms with Crippen LogP contribution in [-0.2, 0) is 6.54 Å². The molecule has 1 aliphatic heterocycles. The molecule has 0 aliphatic carbocycles. The van der Waals surface area contributed by atoms with E-state index in [-0.39, 0.29) is 12.1 Å². The van der Waals surface area contributed by atoms with Gasteiger partial charge in [0.25, 0.3) is 0 Å². The van der Waals surface area contributed by atoms with Crippen molar-refractivity contribution >= 4 is 22.8 Å². The number of hydrogen-bond donors (Lipinski definition) is 1. The summed E-state index contributed by atoms with van der Waals surface area (Å²) in [6.45, 7) is 8.21. The first kappa shape index (κ1) is 23.0. The molecule has 2 aromatic heterocycles. The van der Waals surface area contributed by atoms with Gasteiger partial charge < -0.3 is 19.4 Å². The molecular weight excluding hydrogens is 416 g/mol. The zero-order valence-electron chi connectivity index (χ0n) is 20.1. The number of nitrogens with one attached hydrogen (secondary N) is 1. The van der Waals surface area contributed by atoms with Gasteiger partial charge in [-0.25, -0.2) is 9.78 Å². The molecule has 0 radical (unpaired) electrons. The van der Waals surface area contributed by atoms with E-state index in [0.29, 0.717) is 31.2 Å². The molecule has 33 heavy (non-hydrogen) atoms. The zero-order chi connectivity index (χ0) is 23.4. The fourth-order valence-electron chi connectivity index (χ4n) is 4.47. The third kappa shape index (κ3) is 4.77. The van der Waals surface area contributed by atoms with Crippen LogP contribution < -0.4 is 14.4 Å². The number of aromatic amines is 1. The lowest BCUT2D eigenvalue weighted by molar-refractivity contribution is 0.166. The fourth-order valence-corrected chi connectivity index (χ4v) is 4.47. The number of pyridine rings is 1. The minimum absolute atomic E-state index is 0.00833. The van der Waals surface area contributed by atoms with Crippen LogP contribution in [0.5, 0.6) is 11.5 Å². The van der Waals surface area contributed by atoms with Gasteiger partial charge in [-0.2, -0.15) is 0 Å². The third-order valence-electron chi connectivity index (χ3n) is 6.44. The molecule has 2 amide bonds. The van der Waals surface area contributed by atoms with Gasteiger partial charge in [0.15, 0.2) is 11.5 Å². The Morgan fingerprint density at radius 2 is 2.06 bits per heavy atom. The summed E-state index contributed by atoms with van der Waals surface area (Å²) in [7, 11) is 1.64. The highest BCUT2D eigenvalue weighted by atomic mass is 16.5. The number of fused-ring (bicyclic) bond motifs is 1. The smallest absolute Gasteiger partial charge is 0.325 e. The number of aromatic nitrogens is 2. The quantitative estimate of drug-likeness (QED) is 0.427. The van der Waals surface area contributed by atoms with Crippen LogP contribution in [0, 0.1) is 6.92 Å². The standard InChI is InChI=1S/C26H34N4O3/c1-5-6-7-14-33-23-15-21(8-9-22(23)32-4)29-13-11-19(3)30(26(29)31)17-20-10-12-27-25-24(20)18(2)16-28-25/h8-10,12,15-16,19H,5-7,11,13-14,17H2,1-4H3,(H,27,28)/t19-/m0/s1. The lowest BCUT2D eigenvalue weighted by Crippen LogP contribution is -2.53. The van der Waals surface area contributed by atoms with Crippen molar-refractivity contribution in [3.63, 3.8) is 0 Å². The molecule has 3 aromatic rings. The molecule has 7 heteroatoms. The van der Waals surface area contributed by atoms with E-state index in [4.69, 9.17) is 9.47 Å². The maximum absolute atomic E-state index is 13.6. The Kier molecular flexibility index (Phi) is 7.06. The van der Waals surface area contributed by atoms with Gasteiger partial charge in [0.2, 0.25) is 0 Å². The molecular formula is C26H34N4O3. The Hall–Kier alpha value is -3.22. The Morgan fingerprint density at radius 1 is 1.21 bits per heavy atom. The maximum atomic E-state index is 13.6. The minimum atomic E-state index is 0.00833. The van der Waals surface area contributed by atoms with Crippen molar-refractivity contribution < 1.29 is 14.3 Å². The van der Waals surface area contributed by atoms with E-state index >= 15 is 0 Å². The second-order valence-electron chi connectivity index (χ2n) is 8.76. The summed E-state index contributed by atoms with van der Waals surface area (Å²) in [6, 6.07) is 7.92. The first-order valence-corrected chi connectivity index (χ1v) is 11.8. The molecule has 1 fully saturated rings. The molecule has 0 spiro atoms. The number of rotatable bonds is 9. The number of hydrogen-bond acceptors (Lipinski definition) is 4. The number of anilines is 1. The fraction of sp³-hybridized carbons (Fsp3) is 0.462. The average Bonchev–Trinajstić information content (AvgIpc) is 3.21. The number of nitrogens with zero attached hydrogens (tertiary/aromatic N) is 3. The number of unbranched alkanes of at least 4 members (excludes halogenated alkanes) is 2. The van der Waals surface area contributed by atoms with Crippen LogP contribution in [0.3, 0.4) is 0 Å². The monoisotopic (exact) mass is 450 g/mol. The second-order valence-corrected chi connectivity index (χ2v) is 8.76. The van der Waals surface area contributed by atoms with E-state index in [2.05, 4.69) is 30.7 Å². The van der Waals surface area contributed by atoms with E-state index in [0.717, 1.165) is 53.5 Å². The predicted octanol–water partition coefficient (Wildman–Crippen LogP) is 5.67. The normalized spacial score (nSPS) is 16.5.